The Hall–Kier alpha value is -4.09. The van der Waals surface area contributed by atoms with Crippen LogP contribution in [-0.4, -0.2) is 44.5 Å². The zero-order valence-electron chi connectivity index (χ0n) is 26.1. The van der Waals surface area contributed by atoms with Crippen LogP contribution in [0, 0.1) is 5.41 Å². The third kappa shape index (κ3) is 8.96. The molecule has 0 radical (unpaired) electrons. The molecule has 0 aromatic heterocycles. The summed E-state index contributed by atoms with van der Waals surface area (Å²) in [6.45, 7) is 9.62. The van der Waals surface area contributed by atoms with Crippen LogP contribution in [0.15, 0.2) is 66.7 Å². The lowest BCUT2D eigenvalue weighted by Crippen LogP contribution is -2.41. The van der Waals surface area contributed by atoms with Gasteiger partial charge in [0.2, 0.25) is 10.0 Å². The number of nitrogens with one attached hydrogen (secondary N) is 1. The summed E-state index contributed by atoms with van der Waals surface area (Å²) in [7, 11) is -3.76. The second-order valence-electron chi connectivity index (χ2n) is 12.3. The molecule has 0 aliphatic heterocycles. The Morgan fingerprint density at radius 3 is 2.07 bits per heavy atom. The number of carbonyl (C=O) groups excluding carboxylic acids is 2. The second kappa shape index (κ2) is 13.7. The second-order valence-corrected chi connectivity index (χ2v) is 14.0. The normalized spacial score (nSPS) is 14.0. The van der Waals surface area contributed by atoms with Crippen molar-refractivity contribution in [1.82, 2.24) is 4.72 Å². The van der Waals surface area contributed by atoms with E-state index >= 15 is 0 Å². The summed E-state index contributed by atoms with van der Waals surface area (Å²) < 4.78 is 36.2. The first-order valence-electron chi connectivity index (χ1n) is 14.3. The van der Waals surface area contributed by atoms with Gasteiger partial charge in [-0.1, -0.05) is 63.2 Å². The van der Waals surface area contributed by atoms with Crippen LogP contribution >= 0.6 is 0 Å². The molecule has 0 spiro atoms. The maximum atomic E-state index is 12.6. The highest BCUT2D eigenvalue weighted by molar-refractivity contribution is 7.89. The quantitative estimate of drug-likeness (QED) is 0.196. The van der Waals surface area contributed by atoms with E-state index in [0.29, 0.717) is 18.5 Å². The van der Waals surface area contributed by atoms with Crippen molar-refractivity contribution in [2.24, 2.45) is 11.1 Å². The molecule has 0 heterocycles. The lowest BCUT2D eigenvalue weighted by molar-refractivity contribution is -0.0775. The number of hydrogen-bond donors (Lipinski definition) is 4. The average molecular weight is 626 g/mol. The molecular weight excluding hydrogens is 582 g/mol. The molecular formula is C33H43N3O7S. The highest BCUT2D eigenvalue weighted by Gasteiger charge is 2.43. The fraction of sp³-hybridized carbons (Fsp3) is 0.394. The Morgan fingerprint density at radius 1 is 0.955 bits per heavy atom. The van der Waals surface area contributed by atoms with Gasteiger partial charge in [0.05, 0.1) is 30.1 Å². The molecule has 0 aliphatic carbocycles. The van der Waals surface area contributed by atoms with E-state index in [1.807, 2.05) is 75.7 Å². The minimum atomic E-state index is -3.76. The number of ether oxygens (including phenoxy) is 2. The van der Waals surface area contributed by atoms with Crippen LogP contribution in [0.4, 0.5) is 10.5 Å². The van der Waals surface area contributed by atoms with E-state index in [1.54, 1.807) is 24.3 Å². The first-order valence-corrected chi connectivity index (χ1v) is 16.2. The van der Waals surface area contributed by atoms with E-state index in [2.05, 4.69) is 0 Å². The largest absolute Gasteiger partial charge is 0.490 e. The number of rotatable bonds is 12. The highest BCUT2D eigenvalue weighted by atomic mass is 32.2. The molecule has 3 rings (SSSR count). The van der Waals surface area contributed by atoms with Gasteiger partial charge in [0.25, 0.3) is 5.91 Å². The van der Waals surface area contributed by atoms with Crippen molar-refractivity contribution in [3.8, 4) is 16.9 Å². The molecule has 3 aromatic carbocycles. The van der Waals surface area contributed by atoms with Crippen LogP contribution in [0.2, 0.25) is 0 Å². The summed E-state index contributed by atoms with van der Waals surface area (Å²) in [5.74, 6) is -0.742. The van der Waals surface area contributed by atoms with Gasteiger partial charge >= 0.3 is 6.09 Å². The Kier molecular flexibility index (Phi) is 10.7. The minimum absolute atomic E-state index is 0.0800. The van der Waals surface area contributed by atoms with Crippen LogP contribution in [0.1, 0.15) is 74.9 Å². The van der Waals surface area contributed by atoms with E-state index < -0.39 is 33.0 Å². The summed E-state index contributed by atoms with van der Waals surface area (Å²) in [5.41, 5.74) is 13.3. The number of hydrogen-bond acceptors (Lipinski definition) is 8. The fourth-order valence-corrected chi connectivity index (χ4v) is 5.52. The number of primary amides is 1. The monoisotopic (exact) mass is 625 g/mol. The Labute approximate surface area is 259 Å². The van der Waals surface area contributed by atoms with E-state index in [9.17, 15) is 23.1 Å². The van der Waals surface area contributed by atoms with Gasteiger partial charge in [-0.25, -0.2) is 17.9 Å². The molecule has 2 amide bonds. The van der Waals surface area contributed by atoms with Gasteiger partial charge in [0.1, 0.15) is 5.75 Å². The minimum Gasteiger partial charge on any atom is -0.490 e. The molecule has 0 aliphatic rings. The van der Waals surface area contributed by atoms with E-state index in [0.717, 1.165) is 28.5 Å². The number of aliphatic hydroxyl groups is 1. The van der Waals surface area contributed by atoms with Gasteiger partial charge in [-0.3, -0.25) is 4.79 Å². The van der Waals surface area contributed by atoms with Crippen molar-refractivity contribution < 1.29 is 32.6 Å². The zero-order chi connectivity index (χ0) is 32.9. The standard InChI is InChI=1S/C33H43N3O7S/c1-21(2)43-29-19-24(11-16-28(29)30(37)36-44(6,40)41)22-7-9-23(10-8-22)25(17-18-42-31(35)38)20-33(39,32(3,4)5)26-12-14-27(34)15-13-26/h7-16,19,21,25,39H,17-18,20,34H2,1-6H3,(H2,35,38)(H,36,37)/t25?,33-/m0/s1. The number of benzene rings is 3. The molecule has 2 atom stereocenters. The topological polar surface area (TPSA) is 171 Å². The van der Waals surface area contributed by atoms with E-state index in [4.69, 9.17) is 20.9 Å². The maximum absolute atomic E-state index is 12.6. The van der Waals surface area contributed by atoms with Crippen molar-refractivity contribution in [2.75, 3.05) is 18.6 Å². The first-order chi connectivity index (χ1) is 20.4. The van der Waals surface area contributed by atoms with Gasteiger partial charge < -0.3 is 26.0 Å². The van der Waals surface area contributed by atoms with Crippen molar-refractivity contribution in [3.05, 3.63) is 83.4 Å². The molecule has 0 fully saturated rings. The summed E-state index contributed by atoms with van der Waals surface area (Å²) >= 11 is 0. The van der Waals surface area contributed by atoms with Crippen LogP contribution in [0.25, 0.3) is 11.1 Å². The molecule has 11 heteroatoms. The van der Waals surface area contributed by atoms with Crippen molar-refractivity contribution >= 4 is 27.7 Å². The van der Waals surface area contributed by atoms with Crippen LogP contribution in [0.5, 0.6) is 5.75 Å². The number of anilines is 1. The van der Waals surface area contributed by atoms with Gasteiger partial charge in [-0.15, -0.1) is 0 Å². The fourth-order valence-electron chi connectivity index (χ4n) is 5.07. The Bertz CT molecular complexity index is 1560. The summed E-state index contributed by atoms with van der Waals surface area (Å²) in [6, 6.07) is 19.9. The van der Waals surface area contributed by atoms with Crippen LogP contribution in [0.3, 0.4) is 0 Å². The van der Waals surface area contributed by atoms with Gasteiger partial charge in [0.15, 0.2) is 0 Å². The predicted molar refractivity (Wildman–Crippen MR) is 172 cm³/mol. The van der Waals surface area contributed by atoms with Gasteiger partial charge in [-0.05, 0) is 84.5 Å². The van der Waals surface area contributed by atoms with E-state index in [1.165, 1.54) is 6.07 Å². The molecule has 3 aromatic rings. The summed E-state index contributed by atoms with van der Waals surface area (Å²) in [6.07, 6.45) is 0.542. The smallest absolute Gasteiger partial charge is 0.404 e. The molecule has 44 heavy (non-hydrogen) atoms. The summed E-state index contributed by atoms with van der Waals surface area (Å²) in [4.78, 5) is 23.9. The number of amides is 2. The Balaban J connectivity index is 1.99. The number of nitrogen functional groups attached to an aromatic ring is 1. The van der Waals surface area contributed by atoms with E-state index in [-0.39, 0.29) is 29.9 Å². The molecule has 6 N–H and O–H groups in total. The van der Waals surface area contributed by atoms with Crippen LogP contribution < -0.4 is 20.9 Å². The third-order valence-corrected chi connectivity index (χ3v) is 8.02. The number of nitrogens with two attached hydrogens (primary N) is 2. The Morgan fingerprint density at radius 2 is 1.55 bits per heavy atom. The SMILES string of the molecule is CC(C)Oc1cc(-c2ccc(C(CCOC(N)=O)C[C@](O)(c3ccc(N)cc3)C(C)(C)C)cc2)ccc1C(=O)NS(C)(=O)=O. The van der Waals surface area contributed by atoms with Crippen molar-refractivity contribution in [1.29, 1.82) is 0 Å². The molecule has 0 saturated carbocycles. The lowest BCUT2D eigenvalue weighted by Gasteiger charge is -2.43. The average Bonchev–Trinajstić information content (AvgIpc) is 2.90. The maximum Gasteiger partial charge on any atom is 0.404 e. The molecule has 1 unspecified atom stereocenters. The molecule has 10 nitrogen and oxygen atoms in total. The number of sulfonamides is 1. The first kappa shape index (κ1) is 34.4. The zero-order valence-corrected chi connectivity index (χ0v) is 26.9. The molecule has 0 bridgehead atoms. The van der Waals surface area contributed by atoms with Crippen LogP contribution in [-0.2, 0) is 20.4 Å². The van der Waals surface area contributed by atoms with Crippen molar-refractivity contribution in [3.63, 3.8) is 0 Å². The summed E-state index contributed by atoms with van der Waals surface area (Å²) in [5, 5.41) is 12.2. The van der Waals surface area contributed by atoms with Crippen molar-refractivity contribution in [2.45, 2.75) is 65.1 Å². The molecule has 238 valence electrons. The highest BCUT2D eigenvalue weighted by Crippen LogP contribution is 2.47. The van der Waals surface area contributed by atoms with Gasteiger partial charge in [-0.2, -0.15) is 0 Å². The number of carbonyl (C=O) groups is 2. The predicted octanol–water partition coefficient (Wildman–Crippen LogP) is 5.31. The third-order valence-electron chi connectivity index (χ3n) is 7.46. The lowest BCUT2D eigenvalue weighted by atomic mass is 9.66. The van der Waals surface area contributed by atoms with Gasteiger partial charge in [0, 0.05) is 5.69 Å². The molecule has 0 saturated heterocycles.